The maximum Gasteiger partial charge on any atom is 0.128 e. The van der Waals surface area contributed by atoms with E-state index in [1.165, 1.54) is 6.07 Å². The Morgan fingerprint density at radius 3 is 2.52 bits per heavy atom. The molecule has 0 heterocycles. The van der Waals surface area contributed by atoms with Gasteiger partial charge in [0.05, 0.1) is 12.6 Å². The number of nitrogens with two attached hydrogens (primary N) is 1. The molecule has 0 spiro atoms. The third-order valence-electron chi connectivity index (χ3n) is 3.45. The SMILES string of the molecule is Cc1cc(C)c(C(CCOc2ccccc2)NN)c(F)c1. The van der Waals surface area contributed by atoms with Crippen molar-refractivity contribution < 1.29 is 9.13 Å². The lowest BCUT2D eigenvalue weighted by atomic mass is 9.97. The molecule has 21 heavy (non-hydrogen) atoms. The highest BCUT2D eigenvalue weighted by molar-refractivity contribution is 5.34. The molecule has 0 radical (unpaired) electrons. The molecule has 0 aliphatic heterocycles. The zero-order chi connectivity index (χ0) is 15.2. The quantitative estimate of drug-likeness (QED) is 0.632. The first kappa shape index (κ1) is 15.5. The van der Waals surface area contributed by atoms with Gasteiger partial charge in [0.25, 0.3) is 0 Å². The van der Waals surface area contributed by atoms with Crippen LogP contribution >= 0.6 is 0 Å². The summed E-state index contributed by atoms with van der Waals surface area (Å²) in [4.78, 5) is 0. The molecular weight excluding hydrogens is 267 g/mol. The molecule has 3 N–H and O–H groups in total. The minimum atomic E-state index is -0.269. The first-order valence-corrected chi connectivity index (χ1v) is 7.02. The van der Waals surface area contributed by atoms with Crippen molar-refractivity contribution in [2.75, 3.05) is 6.61 Å². The fraction of sp³-hybridized carbons (Fsp3) is 0.294. The van der Waals surface area contributed by atoms with Crippen LogP contribution in [0.5, 0.6) is 5.75 Å². The summed E-state index contributed by atoms with van der Waals surface area (Å²) in [6.07, 6.45) is 0.589. The summed E-state index contributed by atoms with van der Waals surface area (Å²) in [6, 6.07) is 12.8. The van der Waals surface area contributed by atoms with Gasteiger partial charge in [-0.05, 0) is 43.2 Å². The summed E-state index contributed by atoms with van der Waals surface area (Å²) in [5.74, 6) is 6.16. The number of rotatable bonds is 6. The van der Waals surface area contributed by atoms with Gasteiger partial charge in [0.1, 0.15) is 11.6 Å². The van der Waals surface area contributed by atoms with Crippen molar-refractivity contribution in [2.45, 2.75) is 26.3 Å². The molecule has 0 saturated carbocycles. The van der Waals surface area contributed by atoms with Crippen molar-refractivity contribution in [3.8, 4) is 5.75 Å². The molecule has 0 bridgehead atoms. The minimum Gasteiger partial charge on any atom is -0.494 e. The number of ether oxygens (including phenoxy) is 1. The van der Waals surface area contributed by atoms with E-state index in [4.69, 9.17) is 10.6 Å². The van der Waals surface area contributed by atoms with E-state index < -0.39 is 0 Å². The summed E-state index contributed by atoms with van der Waals surface area (Å²) in [6.45, 7) is 4.24. The molecule has 1 unspecified atom stereocenters. The van der Waals surface area contributed by atoms with Crippen molar-refractivity contribution in [1.82, 2.24) is 5.43 Å². The second-order valence-electron chi connectivity index (χ2n) is 5.15. The van der Waals surface area contributed by atoms with Crippen LogP contribution in [0.25, 0.3) is 0 Å². The average Bonchev–Trinajstić information content (AvgIpc) is 2.45. The van der Waals surface area contributed by atoms with Gasteiger partial charge in [-0.2, -0.15) is 0 Å². The third-order valence-corrected chi connectivity index (χ3v) is 3.45. The largest absolute Gasteiger partial charge is 0.494 e. The third kappa shape index (κ3) is 4.03. The summed E-state index contributed by atoms with van der Waals surface area (Å²) >= 11 is 0. The van der Waals surface area contributed by atoms with Gasteiger partial charge in [-0.15, -0.1) is 0 Å². The summed E-state index contributed by atoms with van der Waals surface area (Å²) in [5, 5.41) is 0. The Kier molecular flexibility index (Phi) is 5.31. The van der Waals surface area contributed by atoms with Crippen molar-refractivity contribution in [3.63, 3.8) is 0 Å². The van der Waals surface area contributed by atoms with Gasteiger partial charge < -0.3 is 4.74 Å². The Bertz CT molecular complexity index is 564. The van der Waals surface area contributed by atoms with Crippen molar-refractivity contribution in [2.24, 2.45) is 5.84 Å². The van der Waals surface area contributed by atoms with E-state index in [0.29, 0.717) is 18.6 Å². The number of nitrogens with one attached hydrogen (secondary N) is 1. The molecule has 2 aromatic carbocycles. The second-order valence-corrected chi connectivity index (χ2v) is 5.15. The Labute approximate surface area is 124 Å². The first-order valence-electron chi connectivity index (χ1n) is 7.02. The van der Waals surface area contributed by atoms with E-state index in [1.54, 1.807) is 0 Å². The molecule has 0 amide bonds. The highest BCUT2D eigenvalue weighted by Gasteiger charge is 2.17. The fourth-order valence-electron chi connectivity index (χ4n) is 2.49. The number of hydrogen-bond acceptors (Lipinski definition) is 3. The Morgan fingerprint density at radius 1 is 1.19 bits per heavy atom. The van der Waals surface area contributed by atoms with E-state index in [9.17, 15) is 4.39 Å². The van der Waals surface area contributed by atoms with Gasteiger partial charge in [0, 0.05) is 12.0 Å². The zero-order valence-electron chi connectivity index (χ0n) is 12.4. The molecule has 0 aliphatic rings. The Hall–Kier alpha value is -1.91. The number of hydrazine groups is 1. The van der Waals surface area contributed by atoms with Crippen LogP contribution < -0.4 is 16.0 Å². The van der Waals surface area contributed by atoms with Crippen LogP contribution in [0.2, 0.25) is 0 Å². The Morgan fingerprint density at radius 2 is 1.90 bits per heavy atom. The lowest BCUT2D eigenvalue weighted by molar-refractivity contribution is 0.285. The van der Waals surface area contributed by atoms with Crippen molar-refractivity contribution in [1.29, 1.82) is 0 Å². The van der Waals surface area contributed by atoms with Gasteiger partial charge in [-0.3, -0.25) is 11.3 Å². The maximum absolute atomic E-state index is 14.2. The summed E-state index contributed by atoms with van der Waals surface area (Å²) in [7, 11) is 0. The van der Waals surface area contributed by atoms with Crippen LogP contribution in [-0.2, 0) is 0 Å². The number of benzene rings is 2. The highest BCUT2D eigenvalue weighted by atomic mass is 19.1. The van der Waals surface area contributed by atoms with E-state index in [2.05, 4.69) is 5.43 Å². The van der Waals surface area contributed by atoms with Gasteiger partial charge in [0.2, 0.25) is 0 Å². The summed E-state index contributed by atoms with van der Waals surface area (Å²) in [5.41, 5.74) is 5.10. The average molecular weight is 288 g/mol. The number of halogens is 1. The first-order chi connectivity index (χ1) is 10.1. The van der Waals surface area contributed by atoms with Crippen LogP contribution in [0.1, 0.15) is 29.2 Å². The highest BCUT2D eigenvalue weighted by Crippen LogP contribution is 2.25. The van der Waals surface area contributed by atoms with Gasteiger partial charge >= 0.3 is 0 Å². The van der Waals surface area contributed by atoms with Gasteiger partial charge in [-0.1, -0.05) is 24.3 Å². The maximum atomic E-state index is 14.2. The molecule has 112 valence electrons. The van der Waals surface area contributed by atoms with E-state index in [-0.39, 0.29) is 11.9 Å². The smallest absolute Gasteiger partial charge is 0.128 e. The van der Waals surface area contributed by atoms with Crippen LogP contribution in [0.15, 0.2) is 42.5 Å². The van der Waals surface area contributed by atoms with E-state index in [1.807, 2.05) is 50.2 Å². The van der Waals surface area contributed by atoms with Crippen LogP contribution in [-0.4, -0.2) is 6.61 Å². The van der Waals surface area contributed by atoms with Crippen LogP contribution in [0.4, 0.5) is 4.39 Å². The molecule has 1 atom stereocenters. The molecule has 0 aromatic heterocycles. The number of para-hydroxylation sites is 1. The molecule has 0 saturated heterocycles. The van der Waals surface area contributed by atoms with Gasteiger partial charge in [0.15, 0.2) is 0 Å². The zero-order valence-corrected chi connectivity index (χ0v) is 12.4. The predicted octanol–water partition coefficient (Wildman–Crippen LogP) is 3.42. The lowest BCUT2D eigenvalue weighted by Gasteiger charge is -2.20. The lowest BCUT2D eigenvalue weighted by Crippen LogP contribution is -2.30. The second kappa shape index (κ2) is 7.20. The topological polar surface area (TPSA) is 47.3 Å². The molecule has 0 fully saturated rings. The molecule has 0 aliphatic carbocycles. The van der Waals surface area contributed by atoms with E-state index in [0.717, 1.165) is 16.9 Å². The molecule has 2 rings (SSSR count). The van der Waals surface area contributed by atoms with Crippen LogP contribution in [0, 0.1) is 19.7 Å². The number of hydrogen-bond donors (Lipinski definition) is 2. The minimum absolute atomic E-state index is 0.227. The molecule has 4 heteroatoms. The standard InChI is InChI=1S/C17H21FN2O/c1-12-10-13(2)17(15(18)11-12)16(20-19)8-9-21-14-6-4-3-5-7-14/h3-7,10-11,16,20H,8-9,19H2,1-2H3. The molecule has 2 aromatic rings. The number of aryl methyl sites for hydroxylation is 2. The van der Waals surface area contributed by atoms with Crippen molar-refractivity contribution >= 4 is 0 Å². The molecular formula is C17H21FN2O. The van der Waals surface area contributed by atoms with E-state index >= 15 is 0 Å². The van der Waals surface area contributed by atoms with Crippen LogP contribution in [0.3, 0.4) is 0 Å². The predicted molar refractivity (Wildman–Crippen MR) is 82.5 cm³/mol. The monoisotopic (exact) mass is 288 g/mol. The fourth-order valence-corrected chi connectivity index (χ4v) is 2.49. The normalized spacial score (nSPS) is 12.2. The van der Waals surface area contributed by atoms with Gasteiger partial charge in [-0.25, -0.2) is 4.39 Å². The summed E-state index contributed by atoms with van der Waals surface area (Å²) < 4.78 is 19.8. The Balaban J connectivity index is 2.03. The van der Waals surface area contributed by atoms with Crippen molar-refractivity contribution in [3.05, 3.63) is 65.0 Å². The molecule has 3 nitrogen and oxygen atoms in total.